The maximum atomic E-state index is 5.94. The van der Waals surface area contributed by atoms with Crippen molar-refractivity contribution in [2.24, 2.45) is 0 Å². The first-order valence-electron chi connectivity index (χ1n) is 7.25. The van der Waals surface area contributed by atoms with Crippen LogP contribution in [0.3, 0.4) is 0 Å². The Hall–Kier alpha value is -0.550. The van der Waals surface area contributed by atoms with Crippen LogP contribution >= 0.6 is 44.3 Å². The van der Waals surface area contributed by atoms with Crippen LogP contribution in [0.2, 0.25) is 0 Å². The van der Waals surface area contributed by atoms with Crippen molar-refractivity contribution in [3.63, 3.8) is 0 Å². The van der Waals surface area contributed by atoms with E-state index < -0.39 is 0 Å². The molecule has 0 aliphatic rings. The zero-order valence-electron chi connectivity index (χ0n) is 13.5. The molecule has 2 rings (SSSR count). The number of hydrogen-bond acceptors (Lipinski definition) is 2. The third kappa shape index (κ3) is 6.84. The number of halogens is 3. The zero-order chi connectivity index (χ0) is 16.2. The summed E-state index contributed by atoms with van der Waals surface area (Å²) in [6, 6.07) is 14.4. The molecule has 0 spiro atoms. The van der Waals surface area contributed by atoms with E-state index in [0.29, 0.717) is 6.61 Å². The van der Waals surface area contributed by atoms with Gasteiger partial charge in [0, 0.05) is 12.1 Å². The third-order valence-corrected chi connectivity index (χ3v) is 4.28. The maximum absolute atomic E-state index is 5.94. The molecule has 0 unspecified atom stereocenters. The van der Waals surface area contributed by atoms with Gasteiger partial charge in [0.25, 0.3) is 0 Å². The van der Waals surface area contributed by atoms with Crippen LogP contribution in [0.15, 0.2) is 51.4 Å². The predicted octanol–water partition coefficient (Wildman–Crippen LogP) is 6.10. The summed E-state index contributed by atoms with van der Waals surface area (Å²) in [5.41, 5.74) is 2.46. The Morgan fingerprint density at radius 3 is 2.04 bits per heavy atom. The van der Waals surface area contributed by atoms with Gasteiger partial charge < -0.3 is 10.1 Å². The summed E-state index contributed by atoms with van der Waals surface area (Å²) >= 11 is 7.22. The van der Waals surface area contributed by atoms with Gasteiger partial charge in [-0.1, -0.05) is 30.3 Å². The predicted molar refractivity (Wildman–Crippen MR) is 106 cm³/mol. The van der Waals surface area contributed by atoms with Crippen LogP contribution < -0.4 is 10.1 Å². The lowest BCUT2D eigenvalue weighted by Gasteiger charge is -2.21. The second-order valence-corrected chi connectivity index (χ2v) is 7.98. The van der Waals surface area contributed by atoms with Crippen LogP contribution in [0, 0.1) is 0 Å². The molecule has 0 saturated heterocycles. The largest absolute Gasteiger partial charge is 0.487 e. The average molecular weight is 464 g/mol. The van der Waals surface area contributed by atoms with Crippen molar-refractivity contribution < 1.29 is 4.74 Å². The van der Waals surface area contributed by atoms with Crippen molar-refractivity contribution in [1.29, 1.82) is 0 Å². The fourth-order valence-corrected chi connectivity index (χ4v) is 3.46. The molecule has 1 N–H and O–H groups in total. The molecular formula is C18H22Br2ClNO. The normalized spacial score (nSPS) is 11.0. The van der Waals surface area contributed by atoms with Gasteiger partial charge >= 0.3 is 0 Å². The Bertz CT molecular complexity index is 604. The van der Waals surface area contributed by atoms with Crippen molar-refractivity contribution in [2.75, 3.05) is 0 Å². The van der Waals surface area contributed by atoms with Gasteiger partial charge in [0.1, 0.15) is 12.4 Å². The first-order valence-corrected chi connectivity index (χ1v) is 8.83. The second-order valence-electron chi connectivity index (χ2n) is 6.27. The van der Waals surface area contributed by atoms with Gasteiger partial charge in [0.2, 0.25) is 0 Å². The quantitative estimate of drug-likeness (QED) is 0.578. The third-order valence-electron chi connectivity index (χ3n) is 3.11. The summed E-state index contributed by atoms with van der Waals surface area (Å²) in [5, 5.41) is 3.49. The van der Waals surface area contributed by atoms with Gasteiger partial charge in [-0.2, -0.15) is 0 Å². The number of benzene rings is 2. The van der Waals surface area contributed by atoms with Gasteiger partial charge in [0.05, 0.1) is 8.95 Å². The number of nitrogens with one attached hydrogen (secondary N) is 1. The molecule has 0 saturated carbocycles. The van der Waals surface area contributed by atoms with Crippen molar-refractivity contribution >= 4 is 44.3 Å². The smallest absolute Gasteiger partial charge is 0.148 e. The highest BCUT2D eigenvalue weighted by atomic mass is 79.9. The van der Waals surface area contributed by atoms with E-state index in [1.54, 1.807) is 0 Å². The van der Waals surface area contributed by atoms with E-state index in [9.17, 15) is 0 Å². The Morgan fingerprint density at radius 1 is 0.957 bits per heavy atom. The molecule has 0 bridgehead atoms. The van der Waals surface area contributed by atoms with Gasteiger partial charge in [-0.15, -0.1) is 12.4 Å². The molecule has 23 heavy (non-hydrogen) atoms. The van der Waals surface area contributed by atoms with Crippen molar-refractivity contribution in [3.8, 4) is 5.75 Å². The average Bonchev–Trinajstić information content (AvgIpc) is 2.44. The van der Waals surface area contributed by atoms with Gasteiger partial charge in [-0.25, -0.2) is 0 Å². The van der Waals surface area contributed by atoms with Crippen molar-refractivity contribution in [2.45, 2.75) is 39.5 Å². The van der Waals surface area contributed by atoms with Crippen LogP contribution in [0.25, 0.3) is 0 Å². The zero-order valence-corrected chi connectivity index (χ0v) is 17.5. The van der Waals surface area contributed by atoms with E-state index in [0.717, 1.165) is 26.8 Å². The van der Waals surface area contributed by atoms with Gasteiger partial charge in [0.15, 0.2) is 0 Å². The Balaban J connectivity index is 0.00000264. The standard InChI is InChI=1S/C18H21Br2NO.ClH/c1-18(2,3)21-11-14-9-15(19)17(16(20)10-14)22-12-13-7-5-4-6-8-13;/h4-10,21H,11-12H2,1-3H3;1H. The van der Waals surface area contributed by atoms with E-state index in [4.69, 9.17) is 4.74 Å². The minimum Gasteiger partial charge on any atom is -0.487 e. The van der Waals surface area contributed by atoms with Crippen LogP contribution in [-0.4, -0.2) is 5.54 Å². The Kier molecular flexibility index (Phi) is 8.08. The van der Waals surface area contributed by atoms with Crippen LogP contribution in [0.1, 0.15) is 31.9 Å². The summed E-state index contributed by atoms with van der Waals surface area (Å²) in [4.78, 5) is 0. The van der Waals surface area contributed by atoms with E-state index in [1.165, 1.54) is 5.56 Å². The van der Waals surface area contributed by atoms with Crippen LogP contribution in [0.4, 0.5) is 0 Å². The Labute approximate surface area is 161 Å². The minimum absolute atomic E-state index is 0. The highest BCUT2D eigenvalue weighted by Gasteiger charge is 2.12. The fourth-order valence-electron chi connectivity index (χ4n) is 1.95. The first-order chi connectivity index (χ1) is 10.3. The molecule has 2 aromatic rings. The second kappa shape index (κ2) is 9.07. The van der Waals surface area contributed by atoms with Crippen molar-refractivity contribution in [3.05, 3.63) is 62.5 Å². The summed E-state index contributed by atoms with van der Waals surface area (Å²) < 4.78 is 7.86. The molecule has 0 heterocycles. The lowest BCUT2D eigenvalue weighted by Crippen LogP contribution is -2.35. The van der Waals surface area contributed by atoms with Crippen LogP contribution in [0.5, 0.6) is 5.75 Å². The van der Waals surface area contributed by atoms with E-state index in [1.807, 2.05) is 18.2 Å². The summed E-state index contributed by atoms with van der Waals surface area (Å²) in [5.74, 6) is 0.836. The molecule has 0 radical (unpaired) electrons. The molecule has 0 fully saturated rings. The topological polar surface area (TPSA) is 21.3 Å². The molecule has 0 aliphatic heterocycles. The molecule has 0 amide bonds. The minimum atomic E-state index is 0. The molecule has 0 aromatic heterocycles. The lowest BCUT2D eigenvalue weighted by atomic mass is 10.1. The number of ether oxygens (including phenoxy) is 1. The van der Waals surface area contributed by atoms with Gasteiger partial charge in [-0.3, -0.25) is 0 Å². The maximum Gasteiger partial charge on any atom is 0.148 e. The van der Waals surface area contributed by atoms with E-state index in [2.05, 4.69) is 82.2 Å². The summed E-state index contributed by atoms with van der Waals surface area (Å²) in [6.45, 7) is 7.86. The molecule has 5 heteroatoms. The van der Waals surface area contributed by atoms with E-state index in [-0.39, 0.29) is 17.9 Å². The number of rotatable bonds is 5. The first kappa shape index (κ1) is 20.5. The molecule has 0 atom stereocenters. The van der Waals surface area contributed by atoms with Crippen LogP contribution in [-0.2, 0) is 13.2 Å². The molecular weight excluding hydrogens is 441 g/mol. The molecule has 126 valence electrons. The summed E-state index contributed by atoms with van der Waals surface area (Å²) in [6.07, 6.45) is 0. The highest BCUT2D eigenvalue weighted by Crippen LogP contribution is 2.35. The fraction of sp³-hybridized carbons (Fsp3) is 0.333. The van der Waals surface area contributed by atoms with Gasteiger partial charge in [-0.05, 0) is 75.9 Å². The van der Waals surface area contributed by atoms with E-state index >= 15 is 0 Å². The SMILES string of the molecule is CC(C)(C)NCc1cc(Br)c(OCc2ccccc2)c(Br)c1.Cl. The lowest BCUT2D eigenvalue weighted by molar-refractivity contribution is 0.302. The Morgan fingerprint density at radius 2 is 1.52 bits per heavy atom. The van der Waals surface area contributed by atoms with Crippen molar-refractivity contribution in [1.82, 2.24) is 5.32 Å². The molecule has 2 aromatic carbocycles. The molecule has 0 aliphatic carbocycles. The summed E-state index contributed by atoms with van der Waals surface area (Å²) in [7, 11) is 0. The highest BCUT2D eigenvalue weighted by molar-refractivity contribution is 9.11. The number of hydrogen-bond donors (Lipinski definition) is 1. The molecule has 2 nitrogen and oxygen atoms in total. The monoisotopic (exact) mass is 461 g/mol.